The van der Waals surface area contributed by atoms with Gasteiger partial charge in [-0.3, -0.25) is 20.2 Å². The van der Waals surface area contributed by atoms with E-state index in [2.05, 4.69) is 5.16 Å². The maximum Gasteiger partial charge on any atom is 0.321 e. The van der Waals surface area contributed by atoms with Crippen LogP contribution in [0.4, 0.5) is 11.4 Å². The predicted molar refractivity (Wildman–Crippen MR) is 109 cm³/mol. The van der Waals surface area contributed by atoms with Crippen molar-refractivity contribution in [2.45, 2.75) is 0 Å². The third-order valence-corrected chi connectivity index (χ3v) is 4.32. The van der Waals surface area contributed by atoms with Gasteiger partial charge in [0.15, 0.2) is 0 Å². The Bertz CT molecular complexity index is 1050. The number of hydrogen-bond acceptors (Lipinski definition) is 6. The van der Waals surface area contributed by atoms with Gasteiger partial charge in [0, 0.05) is 27.2 Å². The lowest BCUT2D eigenvalue weighted by Crippen LogP contribution is -2.06. The van der Waals surface area contributed by atoms with Gasteiger partial charge in [0.1, 0.15) is 5.71 Å². The van der Waals surface area contributed by atoms with E-state index < -0.39 is 21.2 Å². The van der Waals surface area contributed by atoms with Crippen LogP contribution in [0.3, 0.4) is 0 Å². The number of nitro groups is 2. The highest BCUT2D eigenvalue weighted by molar-refractivity contribution is 6.31. The lowest BCUT2D eigenvalue weighted by atomic mass is 10.0. The Morgan fingerprint density at radius 2 is 1.31 bits per heavy atom. The van der Waals surface area contributed by atoms with Gasteiger partial charge in [-0.25, -0.2) is 0 Å². The standard InChI is InChI=1S/C19H11Cl2N3O5/c20-14-5-1-12(2-6-14)19(13-3-7-15(21)8-4-13)22-29-18-10-9-16(23(25)26)11-17(18)24(27)28/h1-11H. The summed E-state index contributed by atoms with van der Waals surface area (Å²) < 4.78 is 0. The lowest BCUT2D eigenvalue weighted by Gasteiger charge is -2.08. The van der Waals surface area contributed by atoms with Gasteiger partial charge in [-0.2, -0.15) is 0 Å². The minimum atomic E-state index is -0.776. The van der Waals surface area contributed by atoms with Crippen LogP contribution < -0.4 is 4.84 Å². The topological polar surface area (TPSA) is 108 Å². The summed E-state index contributed by atoms with van der Waals surface area (Å²) in [7, 11) is 0. The molecule has 146 valence electrons. The number of rotatable bonds is 6. The molecule has 0 saturated carbocycles. The second kappa shape index (κ2) is 8.68. The zero-order valence-corrected chi connectivity index (χ0v) is 16.0. The average molecular weight is 432 g/mol. The summed E-state index contributed by atoms with van der Waals surface area (Å²) in [5, 5.41) is 27.3. The first-order valence-electron chi connectivity index (χ1n) is 8.05. The Balaban J connectivity index is 2.05. The van der Waals surface area contributed by atoms with Crippen LogP contribution in [0.5, 0.6) is 5.75 Å². The van der Waals surface area contributed by atoms with E-state index in [0.717, 1.165) is 18.2 Å². The van der Waals surface area contributed by atoms with E-state index in [9.17, 15) is 20.2 Å². The molecule has 0 radical (unpaired) electrons. The van der Waals surface area contributed by atoms with Crippen molar-refractivity contribution >= 4 is 40.3 Å². The van der Waals surface area contributed by atoms with Crippen LogP contribution in [0.1, 0.15) is 11.1 Å². The van der Waals surface area contributed by atoms with Crippen molar-refractivity contribution in [1.29, 1.82) is 0 Å². The van der Waals surface area contributed by atoms with E-state index in [1.807, 2.05) is 0 Å². The predicted octanol–water partition coefficient (Wildman–Crippen LogP) is 5.64. The molecule has 0 aliphatic heterocycles. The molecule has 3 aromatic carbocycles. The largest absolute Gasteiger partial charge is 0.349 e. The van der Waals surface area contributed by atoms with Gasteiger partial charge in [-0.05, 0) is 30.3 Å². The van der Waals surface area contributed by atoms with E-state index in [4.69, 9.17) is 28.0 Å². The third kappa shape index (κ3) is 4.87. The molecule has 0 atom stereocenters. The van der Waals surface area contributed by atoms with Gasteiger partial charge < -0.3 is 4.84 Å². The number of non-ortho nitro benzene ring substituents is 1. The van der Waals surface area contributed by atoms with Gasteiger partial charge in [-0.1, -0.05) is 52.6 Å². The minimum Gasteiger partial charge on any atom is -0.349 e. The van der Waals surface area contributed by atoms with Gasteiger partial charge in [0.25, 0.3) is 5.69 Å². The SMILES string of the molecule is O=[N+]([O-])c1ccc(ON=C(c2ccc(Cl)cc2)c2ccc(Cl)cc2)c([N+](=O)[O-])c1. The highest BCUT2D eigenvalue weighted by Crippen LogP contribution is 2.31. The molecule has 3 rings (SSSR count). The fourth-order valence-corrected chi connectivity index (χ4v) is 2.67. The molecule has 0 aromatic heterocycles. The van der Waals surface area contributed by atoms with Crippen molar-refractivity contribution in [1.82, 2.24) is 0 Å². The summed E-state index contributed by atoms with van der Waals surface area (Å²) >= 11 is 11.9. The zero-order chi connectivity index (χ0) is 21.0. The summed E-state index contributed by atoms with van der Waals surface area (Å²) in [6.07, 6.45) is 0. The first kappa shape index (κ1) is 20.2. The number of benzene rings is 3. The van der Waals surface area contributed by atoms with E-state index in [1.165, 1.54) is 0 Å². The molecule has 10 heteroatoms. The molecule has 0 heterocycles. The van der Waals surface area contributed by atoms with E-state index in [0.29, 0.717) is 26.9 Å². The molecule has 0 bridgehead atoms. The molecular weight excluding hydrogens is 421 g/mol. The molecular formula is C19H11Cl2N3O5. The molecule has 3 aromatic rings. The van der Waals surface area contributed by atoms with Crippen LogP contribution in [0, 0.1) is 20.2 Å². The second-order valence-corrected chi connectivity index (χ2v) is 6.58. The number of hydrogen-bond donors (Lipinski definition) is 0. The molecule has 0 aliphatic rings. The van der Waals surface area contributed by atoms with Gasteiger partial charge in [0.2, 0.25) is 5.75 Å². The Morgan fingerprint density at radius 3 is 1.76 bits per heavy atom. The Hall–Kier alpha value is -3.49. The molecule has 0 amide bonds. The fraction of sp³-hybridized carbons (Fsp3) is 0. The van der Waals surface area contributed by atoms with Crippen molar-refractivity contribution < 1.29 is 14.7 Å². The zero-order valence-electron chi connectivity index (χ0n) is 14.5. The normalized spacial score (nSPS) is 10.3. The smallest absolute Gasteiger partial charge is 0.321 e. The quantitative estimate of drug-likeness (QED) is 0.285. The first-order chi connectivity index (χ1) is 13.8. The summed E-state index contributed by atoms with van der Waals surface area (Å²) in [4.78, 5) is 26.0. The summed E-state index contributed by atoms with van der Waals surface area (Å²) in [6, 6.07) is 16.5. The van der Waals surface area contributed by atoms with E-state index in [1.54, 1.807) is 48.5 Å². The molecule has 0 spiro atoms. The number of nitro benzene ring substituents is 2. The van der Waals surface area contributed by atoms with Crippen LogP contribution in [-0.2, 0) is 0 Å². The molecule has 8 nitrogen and oxygen atoms in total. The monoisotopic (exact) mass is 431 g/mol. The Kier molecular flexibility index (Phi) is 6.06. The van der Waals surface area contributed by atoms with Gasteiger partial charge in [-0.15, -0.1) is 0 Å². The molecule has 29 heavy (non-hydrogen) atoms. The van der Waals surface area contributed by atoms with Crippen molar-refractivity contribution in [2.24, 2.45) is 5.16 Å². The summed E-state index contributed by atoms with van der Waals surface area (Å²) in [5.41, 5.74) is 0.645. The van der Waals surface area contributed by atoms with Crippen LogP contribution in [0.25, 0.3) is 0 Å². The lowest BCUT2D eigenvalue weighted by molar-refractivity contribution is -0.394. The Morgan fingerprint density at radius 1 is 0.793 bits per heavy atom. The summed E-state index contributed by atoms with van der Waals surface area (Å²) in [5.74, 6) is -0.235. The Labute approximate surface area is 174 Å². The minimum absolute atomic E-state index is 0.235. The first-order valence-corrected chi connectivity index (χ1v) is 8.80. The molecule has 0 fully saturated rings. The summed E-state index contributed by atoms with van der Waals surface area (Å²) in [6.45, 7) is 0. The van der Waals surface area contributed by atoms with E-state index >= 15 is 0 Å². The van der Waals surface area contributed by atoms with Crippen LogP contribution in [-0.4, -0.2) is 15.6 Å². The maximum atomic E-state index is 11.3. The van der Waals surface area contributed by atoms with Crippen molar-refractivity contribution in [3.63, 3.8) is 0 Å². The fourth-order valence-electron chi connectivity index (χ4n) is 2.42. The highest BCUT2D eigenvalue weighted by atomic mass is 35.5. The molecule has 0 saturated heterocycles. The maximum absolute atomic E-state index is 11.3. The van der Waals surface area contributed by atoms with Crippen molar-refractivity contribution in [3.8, 4) is 5.75 Å². The van der Waals surface area contributed by atoms with E-state index in [-0.39, 0.29) is 5.75 Å². The van der Waals surface area contributed by atoms with Crippen LogP contribution in [0.2, 0.25) is 10.0 Å². The van der Waals surface area contributed by atoms with Crippen LogP contribution >= 0.6 is 23.2 Å². The average Bonchev–Trinajstić information content (AvgIpc) is 2.70. The molecule has 0 unspecified atom stereocenters. The van der Waals surface area contributed by atoms with Gasteiger partial charge in [0.05, 0.1) is 15.9 Å². The molecule has 0 N–H and O–H groups in total. The van der Waals surface area contributed by atoms with Crippen molar-refractivity contribution in [3.05, 3.63) is 108 Å². The van der Waals surface area contributed by atoms with Crippen LogP contribution in [0.15, 0.2) is 71.9 Å². The van der Waals surface area contributed by atoms with Crippen molar-refractivity contribution in [2.75, 3.05) is 0 Å². The third-order valence-electron chi connectivity index (χ3n) is 3.82. The second-order valence-electron chi connectivity index (χ2n) is 5.71. The highest BCUT2D eigenvalue weighted by Gasteiger charge is 2.21. The number of oxime groups is 1. The van der Waals surface area contributed by atoms with Gasteiger partial charge >= 0.3 is 5.69 Å². The number of halogens is 2. The molecule has 0 aliphatic carbocycles. The number of nitrogens with zero attached hydrogens (tertiary/aromatic N) is 3.